The van der Waals surface area contributed by atoms with E-state index in [4.69, 9.17) is 5.11 Å². The van der Waals surface area contributed by atoms with Gasteiger partial charge in [-0.15, -0.1) is 0 Å². The van der Waals surface area contributed by atoms with Gasteiger partial charge in [0.2, 0.25) is 5.91 Å². The van der Waals surface area contributed by atoms with E-state index in [0.29, 0.717) is 25.9 Å². The molecule has 0 aromatic heterocycles. The monoisotopic (exact) mass is 216 g/mol. The van der Waals surface area contributed by atoms with Crippen LogP contribution in [0.2, 0.25) is 0 Å². The molecule has 0 aromatic rings. The summed E-state index contributed by atoms with van der Waals surface area (Å²) in [5.41, 5.74) is 0. The van der Waals surface area contributed by atoms with Crippen molar-refractivity contribution in [3.8, 4) is 0 Å². The molecule has 3 N–H and O–H groups in total. The molecular formula is C10H20N2O3. The number of hydrogen-bond donors (Lipinski definition) is 3. The number of carbonyl (C=O) groups is 1. The maximum absolute atomic E-state index is 11.8. The molecule has 0 saturated carbocycles. The number of β-amino-alcohol motifs (C(OH)–C–C–N with tert-alkyl or cyclic N) is 1. The van der Waals surface area contributed by atoms with E-state index in [9.17, 15) is 9.90 Å². The van der Waals surface area contributed by atoms with E-state index in [1.54, 1.807) is 18.9 Å². The van der Waals surface area contributed by atoms with Crippen LogP contribution in [0.15, 0.2) is 0 Å². The summed E-state index contributed by atoms with van der Waals surface area (Å²) in [5.74, 6) is -0.00722. The van der Waals surface area contributed by atoms with Gasteiger partial charge in [-0.25, -0.2) is 0 Å². The van der Waals surface area contributed by atoms with Gasteiger partial charge in [0.05, 0.1) is 18.2 Å². The van der Waals surface area contributed by atoms with E-state index in [2.05, 4.69) is 5.32 Å². The Morgan fingerprint density at radius 2 is 2.33 bits per heavy atom. The second-order valence-corrected chi connectivity index (χ2v) is 4.25. The van der Waals surface area contributed by atoms with E-state index in [-0.39, 0.29) is 18.1 Å². The second kappa shape index (κ2) is 5.44. The SMILES string of the molecule is CC(O)CCN(C)C(=O)C1CC(O)CN1. The zero-order chi connectivity index (χ0) is 11.4. The number of nitrogens with zero attached hydrogens (tertiary/aromatic N) is 1. The number of likely N-dealkylation sites (N-methyl/N-ethyl adjacent to an activating group) is 1. The molecular weight excluding hydrogens is 196 g/mol. The molecule has 1 amide bonds. The number of carbonyl (C=O) groups excluding carboxylic acids is 1. The Morgan fingerprint density at radius 3 is 2.80 bits per heavy atom. The molecule has 88 valence electrons. The molecule has 3 atom stereocenters. The minimum atomic E-state index is -0.413. The highest BCUT2D eigenvalue weighted by Crippen LogP contribution is 2.09. The van der Waals surface area contributed by atoms with E-state index < -0.39 is 6.10 Å². The molecule has 1 aliphatic rings. The van der Waals surface area contributed by atoms with E-state index in [1.165, 1.54) is 0 Å². The number of aliphatic hydroxyl groups is 2. The van der Waals surface area contributed by atoms with E-state index in [1.807, 2.05) is 0 Å². The van der Waals surface area contributed by atoms with Crippen LogP contribution in [0.5, 0.6) is 0 Å². The van der Waals surface area contributed by atoms with E-state index in [0.717, 1.165) is 0 Å². The van der Waals surface area contributed by atoms with Crippen LogP contribution in [0.3, 0.4) is 0 Å². The molecule has 1 aliphatic heterocycles. The first-order chi connectivity index (χ1) is 7.00. The first-order valence-corrected chi connectivity index (χ1v) is 5.35. The van der Waals surface area contributed by atoms with Crippen LogP contribution in [0, 0.1) is 0 Å². The third-order valence-corrected chi connectivity index (χ3v) is 2.66. The lowest BCUT2D eigenvalue weighted by Gasteiger charge is -2.21. The first kappa shape index (κ1) is 12.4. The van der Waals surface area contributed by atoms with Crippen LogP contribution in [-0.2, 0) is 4.79 Å². The van der Waals surface area contributed by atoms with Crippen molar-refractivity contribution < 1.29 is 15.0 Å². The maximum atomic E-state index is 11.8. The fourth-order valence-corrected chi connectivity index (χ4v) is 1.66. The topological polar surface area (TPSA) is 72.8 Å². The zero-order valence-electron chi connectivity index (χ0n) is 9.31. The summed E-state index contributed by atoms with van der Waals surface area (Å²) in [7, 11) is 1.72. The second-order valence-electron chi connectivity index (χ2n) is 4.25. The van der Waals surface area contributed by atoms with Crippen LogP contribution >= 0.6 is 0 Å². The summed E-state index contributed by atoms with van der Waals surface area (Å²) in [4.78, 5) is 13.4. The average molecular weight is 216 g/mol. The highest BCUT2D eigenvalue weighted by Gasteiger charge is 2.29. The highest BCUT2D eigenvalue weighted by atomic mass is 16.3. The number of hydrogen-bond acceptors (Lipinski definition) is 4. The fourth-order valence-electron chi connectivity index (χ4n) is 1.66. The molecule has 1 rings (SSSR count). The van der Waals surface area contributed by atoms with Crippen molar-refractivity contribution >= 4 is 5.91 Å². The summed E-state index contributed by atoms with van der Waals surface area (Å²) < 4.78 is 0. The molecule has 3 unspecified atom stereocenters. The predicted molar refractivity (Wildman–Crippen MR) is 56.3 cm³/mol. The molecule has 1 saturated heterocycles. The Morgan fingerprint density at radius 1 is 1.67 bits per heavy atom. The summed E-state index contributed by atoms with van der Waals surface area (Å²) >= 11 is 0. The third kappa shape index (κ3) is 3.77. The van der Waals surface area contributed by atoms with Crippen LogP contribution in [0.25, 0.3) is 0 Å². The summed E-state index contributed by atoms with van der Waals surface area (Å²) in [6, 6.07) is -0.265. The van der Waals surface area contributed by atoms with Gasteiger partial charge in [-0.3, -0.25) is 4.79 Å². The molecule has 0 aromatic carbocycles. The minimum Gasteiger partial charge on any atom is -0.393 e. The number of rotatable bonds is 4. The quantitative estimate of drug-likeness (QED) is 0.560. The molecule has 0 radical (unpaired) electrons. The molecule has 0 spiro atoms. The molecule has 0 bridgehead atoms. The van der Waals surface area contributed by atoms with Crippen molar-refractivity contribution in [3.05, 3.63) is 0 Å². The average Bonchev–Trinajstić information content (AvgIpc) is 2.60. The smallest absolute Gasteiger partial charge is 0.239 e. The standard InChI is InChI=1S/C10H20N2O3/c1-7(13)3-4-12(2)10(15)9-5-8(14)6-11-9/h7-9,11,13-14H,3-6H2,1-2H3. The van der Waals surface area contributed by atoms with E-state index >= 15 is 0 Å². The molecule has 5 heteroatoms. The predicted octanol–water partition coefficient (Wildman–Crippen LogP) is -1.06. The Kier molecular flexibility index (Phi) is 4.50. The number of nitrogens with one attached hydrogen (secondary N) is 1. The maximum Gasteiger partial charge on any atom is 0.239 e. The van der Waals surface area contributed by atoms with Crippen molar-refractivity contribution in [2.75, 3.05) is 20.1 Å². The number of amides is 1. The van der Waals surface area contributed by atoms with Crippen LogP contribution in [-0.4, -0.2) is 59.4 Å². The van der Waals surface area contributed by atoms with Crippen molar-refractivity contribution in [1.29, 1.82) is 0 Å². The molecule has 5 nitrogen and oxygen atoms in total. The lowest BCUT2D eigenvalue weighted by atomic mass is 10.1. The van der Waals surface area contributed by atoms with Gasteiger partial charge in [-0.05, 0) is 19.8 Å². The molecule has 0 aliphatic carbocycles. The number of aliphatic hydroxyl groups excluding tert-OH is 2. The van der Waals surface area contributed by atoms with Gasteiger partial charge in [0.15, 0.2) is 0 Å². The lowest BCUT2D eigenvalue weighted by Crippen LogP contribution is -2.42. The Balaban J connectivity index is 2.32. The largest absolute Gasteiger partial charge is 0.393 e. The fraction of sp³-hybridized carbons (Fsp3) is 0.900. The normalized spacial score (nSPS) is 27.7. The van der Waals surface area contributed by atoms with Gasteiger partial charge in [0.1, 0.15) is 0 Å². The van der Waals surface area contributed by atoms with Crippen molar-refractivity contribution in [3.63, 3.8) is 0 Å². The van der Waals surface area contributed by atoms with Crippen molar-refractivity contribution in [2.24, 2.45) is 0 Å². The molecule has 15 heavy (non-hydrogen) atoms. The Bertz CT molecular complexity index is 221. The van der Waals surface area contributed by atoms with Gasteiger partial charge in [0.25, 0.3) is 0 Å². The van der Waals surface area contributed by atoms with Crippen molar-refractivity contribution in [2.45, 2.75) is 38.0 Å². The molecule has 1 heterocycles. The van der Waals surface area contributed by atoms with Gasteiger partial charge in [0, 0.05) is 20.1 Å². The first-order valence-electron chi connectivity index (χ1n) is 5.35. The van der Waals surface area contributed by atoms with Crippen LogP contribution in [0.1, 0.15) is 19.8 Å². The zero-order valence-corrected chi connectivity index (χ0v) is 9.31. The molecule has 1 fully saturated rings. The summed E-state index contributed by atoms with van der Waals surface area (Å²) in [5, 5.41) is 21.3. The van der Waals surface area contributed by atoms with Gasteiger partial charge in [-0.2, -0.15) is 0 Å². The summed E-state index contributed by atoms with van der Waals surface area (Å²) in [6.07, 6.45) is 0.265. The van der Waals surface area contributed by atoms with Crippen LogP contribution in [0.4, 0.5) is 0 Å². The highest BCUT2D eigenvalue weighted by molar-refractivity contribution is 5.82. The van der Waals surface area contributed by atoms with Gasteiger partial charge in [-0.1, -0.05) is 0 Å². The van der Waals surface area contributed by atoms with Crippen LogP contribution < -0.4 is 5.32 Å². The third-order valence-electron chi connectivity index (χ3n) is 2.66. The lowest BCUT2D eigenvalue weighted by molar-refractivity contribution is -0.132. The summed E-state index contributed by atoms with van der Waals surface area (Å²) in [6.45, 7) is 2.74. The van der Waals surface area contributed by atoms with Gasteiger partial charge >= 0.3 is 0 Å². The van der Waals surface area contributed by atoms with Crippen molar-refractivity contribution in [1.82, 2.24) is 10.2 Å². The van der Waals surface area contributed by atoms with Gasteiger partial charge < -0.3 is 20.4 Å². The minimum absolute atomic E-state index is 0.00722. The Labute approximate surface area is 90.1 Å². The Hall–Kier alpha value is -0.650.